The highest BCUT2D eigenvalue weighted by Gasteiger charge is 2.39. The number of rotatable bonds is 5. The zero-order chi connectivity index (χ0) is 31.5. The second-order valence-corrected chi connectivity index (χ2v) is 12.9. The molecule has 2 heterocycles. The van der Waals surface area contributed by atoms with Crippen LogP contribution in [0.2, 0.25) is 0 Å². The van der Waals surface area contributed by atoms with Gasteiger partial charge in [-0.2, -0.15) is 5.10 Å². The van der Waals surface area contributed by atoms with Crippen LogP contribution in [0.5, 0.6) is 0 Å². The molecule has 1 aliphatic rings. The molecule has 6 aromatic carbocycles. The Morgan fingerprint density at radius 2 is 1.19 bits per heavy atom. The monoisotopic (exact) mass is 603 g/mol. The van der Waals surface area contributed by atoms with E-state index in [4.69, 9.17) is 5.10 Å². The summed E-state index contributed by atoms with van der Waals surface area (Å²) in [5.41, 5.74) is 13.8. The molecule has 1 aliphatic carbocycles. The number of anilines is 3. The smallest absolute Gasteiger partial charge is 0.117 e. The lowest BCUT2D eigenvalue weighted by Crippen LogP contribution is -2.21. The van der Waals surface area contributed by atoms with Crippen LogP contribution in [-0.2, 0) is 5.41 Å². The first-order valence-electron chi connectivity index (χ1n) is 16.2. The highest BCUT2D eigenvalue weighted by molar-refractivity contribution is 6.01. The maximum atomic E-state index is 5.33. The molecule has 3 heteroatoms. The van der Waals surface area contributed by atoms with Gasteiger partial charge in [-0.3, -0.25) is 0 Å². The summed E-state index contributed by atoms with van der Waals surface area (Å²) in [5, 5.41) is 7.67. The summed E-state index contributed by atoms with van der Waals surface area (Å²) in [5.74, 6) is 0. The number of benzene rings is 6. The molecule has 3 nitrogen and oxygen atoms in total. The van der Waals surface area contributed by atoms with E-state index >= 15 is 0 Å². The predicted octanol–water partition coefficient (Wildman–Crippen LogP) is 11.6. The minimum atomic E-state index is -0.208. The van der Waals surface area contributed by atoms with Crippen LogP contribution >= 0.6 is 0 Å². The lowest BCUT2D eigenvalue weighted by molar-refractivity contribution is 0.661. The highest BCUT2D eigenvalue weighted by atomic mass is 15.3. The van der Waals surface area contributed by atoms with E-state index in [0.717, 1.165) is 39.2 Å². The van der Waals surface area contributed by atoms with Gasteiger partial charge in [0.25, 0.3) is 0 Å². The van der Waals surface area contributed by atoms with Gasteiger partial charge in [0.1, 0.15) is 11.4 Å². The van der Waals surface area contributed by atoms with Crippen molar-refractivity contribution in [1.29, 1.82) is 0 Å². The van der Waals surface area contributed by atoms with Gasteiger partial charge in [-0.25, -0.2) is 4.52 Å². The van der Waals surface area contributed by atoms with E-state index in [1.165, 1.54) is 38.8 Å². The molecule has 0 fully saturated rings. The quantitative estimate of drug-likeness (QED) is 0.195. The predicted molar refractivity (Wildman–Crippen MR) is 196 cm³/mol. The molecule has 0 unspecified atom stereocenters. The molecule has 0 amide bonds. The molecule has 2 aromatic heterocycles. The lowest BCUT2D eigenvalue weighted by Gasteiger charge is -2.32. The zero-order valence-corrected chi connectivity index (χ0v) is 26.4. The van der Waals surface area contributed by atoms with E-state index in [1.54, 1.807) is 0 Å². The maximum Gasteiger partial charge on any atom is 0.117 e. The van der Waals surface area contributed by atoms with Crippen LogP contribution < -0.4 is 4.90 Å². The number of hydrogen-bond donors (Lipinski definition) is 0. The topological polar surface area (TPSA) is 20.5 Å². The van der Waals surface area contributed by atoms with E-state index in [0.29, 0.717) is 0 Å². The van der Waals surface area contributed by atoms with Gasteiger partial charge in [-0.15, -0.1) is 0 Å². The molecule has 0 N–H and O–H groups in total. The molecule has 0 bridgehead atoms. The summed E-state index contributed by atoms with van der Waals surface area (Å²) in [6.45, 7) is 4.73. The second kappa shape index (κ2) is 10.6. The van der Waals surface area contributed by atoms with Crippen molar-refractivity contribution >= 4 is 33.4 Å². The Morgan fingerprint density at radius 1 is 0.553 bits per heavy atom. The van der Waals surface area contributed by atoms with Crippen molar-refractivity contribution in [3.63, 3.8) is 0 Å². The van der Waals surface area contributed by atoms with E-state index < -0.39 is 0 Å². The molecule has 0 radical (unpaired) electrons. The van der Waals surface area contributed by atoms with Crippen LogP contribution in [0.1, 0.15) is 25.0 Å². The van der Waals surface area contributed by atoms with Crippen molar-refractivity contribution in [3.8, 4) is 33.5 Å². The molecule has 47 heavy (non-hydrogen) atoms. The lowest BCUT2D eigenvalue weighted by atomic mass is 9.81. The third-order valence-corrected chi connectivity index (χ3v) is 9.75. The van der Waals surface area contributed by atoms with E-state index in [1.807, 2.05) is 0 Å². The molecule has 0 saturated heterocycles. The van der Waals surface area contributed by atoms with Gasteiger partial charge in [-0.05, 0) is 63.0 Å². The van der Waals surface area contributed by atoms with Crippen LogP contribution in [0.25, 0.3) is 49.8 Å². The standard InChI is InChI=1S/C44H33N3/c1-44(2)38-25-12-11-23-36(38)37-24-14-26-39(41(37)44)47(35-22-13-21-32(27-35)30-15-5-3-6-16-30)43-40-28-33-19-9-10-20-34(33)29-46(40)45-42(43)31-17-7-4-8-18-31/h3-29H,1-2H3. The first-order valence-corrected chi connectivity index (χ1v) is 16.2. The summed E-state index contributed by atoms with van der Waals surface area (Å²) in [6.07, 6.45) is 2.16. The molecule has 224 valence electrons. The fraction of sp³-hybridized carbons (Fsp3) is 0.0682. The number of nitrogens with zero attached hydrogens (tertiary/aromatic N) is 3. The largest absolute Gasteiger partial charge is 0.306 e. The summed E-state index contributed by atoms with van der Waals surface area (Å²) in [6, 6.07) is 56.7. The van der Waals surface area contributed by atoms with Gasteiger partial charge < -0.3 is 4.90 Å². The Balaban J connectivity index is 1.40. The van der Waals surface area contributed by atoms with Gasteiger partial charge in [0.15, 0.2) is 0 Å². The number of aromatic nitrogens is 2. The van der Waals surface area contributed by atoms with Crippen molar-refractivity contribution in [2.75, 3.05) is 4.90 Å². The molecule has 0 spiro atoms. The molecular formula is C44H33N3. The van der Waals surface area contributed by atoms with Gasteiger partial charge in [0.2, 0.25) is 0 Å². The van der Waals surface area contributed by atoms with Crippen molar-refractivity contribution in [3.05, 3.63) is 175 Å². The Morgan fingerprint density at radius 3 is 2.00 bits per heavy atom. The number of hydrogen-bond acceptors (Lipinski definition) is 2. The Bertz CT molecular complexity index is 2440. The summed E-state index contributed by atoms with van der Waals surface area (Å²) in [7, 11) is 0. The molecule has 9 rings (SSSR count). The molecular weight excluding hydrogens is 571 g/mol. The summed E-state index contributed by atoms with van der Waals surface area (Å²) < 4.78 is 2.07. The molecule has 0 aliphatic heterocycles. The SMILES string of the molecule is CC1(C)c2ccccc2-c2cccc(N(c3cccc(-c4ccccc4)c3)c3c(-c4ccccc4)nn4cc5ccccc5cc34)c21. The van der Waals surface area contributed by atoms with Gasteiger partial charge in [0, 0.05) is 28.2 Å². The zero-order valence-electron chi connectivity index (χ0n) is 26.4. The highest BCUT2D eigenvalue weighted by Crippen LogP contribution is 2.55. The molecule has 8 aromatic rings. The number of pyridine rings is 1. The minimum Gasteiger partial charge on any atom is -0.306 e. The molecule has 0 saturated carbocycles. The van der Waals surface area contributed by atoms with Gasteiger partial charge >= 0.3 is 0 Å². The van der Waals surface area contributed by atoms with Crippen LogP contribution in [0.4, 0.5) is 17.1 Å². The average molecular weight is 604 g/mol. The van der Waals surface area contributed by atoms with Crippen LogP contribution in [0.3, 0.4) is 0 Å². The van der Waals surface area contributed by atoms with Gasteiger partial charge in [-0.1, -0.05) is 147 Å². The second-order valence-electron chi connectivity index (χ2n) is 12.9. The summed E-state index contributed by atoms with van der Waals surface area (Å²) in [4.78, 5) is 2.47. The van der Waals surface area contributed by atoms with Crippen molar-refractivity contribution in [1.82, 2.24) is 9.61 Å². The van der Waals surface area contributed by atoms with Crippen LogP contribution in [0.15, 0.2) is 164 Å². The Hall–Kier alpha value is -5.93. The third kappa shape index (κ3) is 4.31. The summed E-state index contributed by atoms with van der Waals surface area (Å²) >= 11 is 0. The van der Waals surface area contributed by atoms with Gasteiger partial charge in [0.05, 0.1) is 11.2 Å². The van der Waals surface area contributed by atoms with E-state index in [-0.39, 0.29) is 5.41 Å². The first-order chi connectivity index (χ1) is 23.1. The van der Waals surface area contributed by atoms with Crippen molar-refractivity contribution < 1.29 is 0 Å². The van der Waals surface area contributed by atoms with E-state index in [9.17, 15) is 0 Å². The normalized spacial score (nSPS) is 13.1. The Kier molecular flexibility index (Phi) is 6.16. The number of fused-ring (bicyclic) bond motifs is 5. The van der Waals surface area contributed by atoms with E-state index in [2.05, 4.69) is 187 Å². The third-order valence-electron chi connectivity index (χ3n) is 9.75. The minimum absolute atomic E-state index is 0.208. The average Bonchev–Trinajstić information content (AvgIpc) is 3.60. The first kappa shape index (κ1) is 27.4. The fourth-order valence-electron chi connectivity index (χ4n) is 7.57. The molecule has 0 atom stereocenters. The van der Waals surface area contributed by atoms with Crippen molar-refractivity contribution in [2.24, 2.45) is 0 Å². The van der Waals surface area contributed by atoms with Crippen molar-refractivity contribution in [2.45, 2.75) is 19.3 Å². The van der Waals surface area contributed by atoms with Crippen LogP contribution in [0, 0.1) is 0 Å². The Labute approximate surface area is 275 Å². The maximum absolute atomic E-state index is 5.33. The van der Waals surface area contributed by atoms with Crippen LogP contribution in [-0.4, -0.2) is 9.61 Å². The fourth-order valence-corrected chi connectivity index (χ4v) is 7.57.